The lowest BCUT2D eigenvalue weighted by Gasteiger charge is -2.24. The number of anilines is 2. The van der Waals surface area contributed by atoms with Crippen LogP contribution in [0.5, 0.6) is 0 Å². The Bertz CT molecular complexity index is 777. The van der Waals surface area contributed by atoms with Gasteiger partial charge in [-0.25, -0.2) is 9.69 Å². The quantitative estimate of drug-likeness (QED) is 0.670. The fraction of sp³-hybridized carbons (Fsp3) is 0.167. The van der Waals surface area contributed by atoms with Crippen LogP contribution in [0.3, 0.4) is 0 Å². The smallest absolute Gasteiger partial charge is 0.324 e. The SMILES string of the molecule is CCC1(C(=O)Nc2ccccc2)NC(=O)N(c2ccccc2)C1=O. The summed E-state index contributed by atoms with van der Waals surface area (Å²) >= 11 is 0. The zero-order valence-corrected chi connectivity index (χ0v) is 13.2. The van der Waals surface area contributed by atoms with Crippen molar-refractivity contribution in [3.8, 4) is 0 Å². The van der Waals surface area contributed by atoms with Crippen molar-refractivity contribution in [3.63, 3.8) is 0 Å². The molecule has 6 heteroatoms. The highest BCUT2D eigenvalue weighted by atomic mass is 16.2. The molecule has 2 aromatic rings. The Morgan fingerprint density at radius 1 is 1.04 bits per heavy atom. The summed E-state index contributed by atoms with van der Waals surface area (Å²) in [5, 5.41) is 5.26. The molecule has 1 atom stereocenters. The summed E-state index contributed by atoms with van der Waals surface area (Å²) < 4.78 is 0. The molecule has 0 spiro atoms. The number of imide groups is 1. The molecule has 2 N–H and O–H groups in total. The third-order valence-corrected chi connectivity index (χ3v) is 4.06. The molecule has 1 fully saturated rings. The summed E-state index contributed by atoms with van der Waals surface area (Å²) in [6.07, 6.45) is 0.152. The standard InChI is InChI=1S/C18H17N3O3/c1-2-18(15(22)19-13-9-5-3-6-10-13)16(23)21(17(24)20-18)14-11-7-4-8-12-14/h3-12H,2H2,1H3,(H,19,22)(H,20,24). The van der Waals surface area contributed by atoms with Crippen molar-refractivity contribution in [3.05, 3.63) is 60.7 Å². The molecule has 0 saturated carbocycles. The largest absolute Gasteiger partial charge is 0.330 e. The van der Waals surface area contributed by atoms with Gasteiger partial charge < -0.3 is 10.6 Å². The molecule has 122 valence electrons. The van der Waals surface area contributed by atoms with Gasteiger partial charge in [-0.1, -0.05) is 43.3 Å². The van der Waals surface area contributed by atoms with E-state index in [0.717, 1.165) is 4.90 Å². The van der Waals surface area contributed by atoms with E-state index >= 15 is 0 Å². The van der Waals surface area contributed by atoms with Crippen molar-refractivity contribution >= 4 is 29.2 Å². The summed E-state index contributed by atoms with van der Waals surface area (Å²) in [6.45, 7) is 1.69. The van der Waals surface area contributed by atoms with Gasteiger partial charge in [-0.2, -0.15) is 0 Å². The van der Waals surface area contributed by atoms with E-state index in [1.165, 1.54) is 0 Å². The maximum Gasteiger partial charge on any atom is 0.330 e. The Hall–Kier alpha value is -3.15. The number of nitrogens with one attached hydrogen (secondary N) is 2. The molecule has 0 bridgehead atoms. The summed E-state index contributed by atoms with van der Waals surface area (Å²) in [7, 11) is 0. The maximum absolute atomic E-state index is 12.9. The molecule has 0 aliphatic carbocycles. The van der Waals surface area contributed by atoms with E-state index in [0.29, 0.717) is 11.4 Å². The van der Waals surface area contributed by atoms with Crippen LogP contribution in [-0.2, 0) is 9.59 Å². The third kappa shape index (κ3) is 2.52. The number of carbonyl (C=O) groups is 3. The zero-order chi connectivity index (χ0) is 17.2. The molecular formula is C18H17N3O3. The van der Waals surface area contributed by atoms with Crippen LogP contribution in [0.4, 0.5) is 16.2 Å². The molecule has 2 aromatic carbocycles. The number of nitrogens with zero attached hydrogens (tertiary/aromatic N) is 1. The Kier molecular flexibility index (Phi) is 4.04. The Morgan fingerprint density at radius 2 is 1.62 bits per heavy atom. The van der Waals surface area contributed by atoms with Crippen molar-refractivity contribution in [2.45, 2.75) is 18.9 Å². The first-order valence-electron chi connectivity index (χ1n) is 7.67. The molecule has 0 aromatic heterocycles. The number of amides is 4. The molecule has 1 aliphatic heterocycles. The van der Waals surface area contributed by atoms with Gasteiger partial charge in [-0.05, 0) is 30.7 Å². The van der Waals surface area contributed by atoms with Gasteiger partial charge in [0.2, 0.25) is 5.54 Å². The van der Waals surface area contributed by atoms with E-state index in [1.807, 2.05) is 6.07 Å². The van der Waals surface area contributed by atoms with Crippen molar-refractivity contribution in [2.75, 3.05) is 10.2 Å². The number of hydrogen-bond donors (Lipinski definition) is 2. The molecular weight excluding hydrogens is 306 g/mol. The first-order valence-corrected chi connectivity index (χ1v) is 7.67. The topological polar surface area (TPSA) is 78.5 Å². The molecule has 1 unspecified atom stereocenters. The average molecular weight is 323 g/mol. The zero-order valence-electron chi connectivity index (χ0n) is 13.2. The van der Waals surface area contributed by atoms with E-state index in [4.69, 9.17) is 0 Å². The second-order valence-corrected chi connectivity index (χ2v) is 5.49. The van der Waals surface area contributed by atoms with Crippen molar-refractivity contribution in [2.24, 2.45) is 0 Å². The van der Waals surface area contributed by atoms with Gasteiger partial charge >= 0.3 is 6.03 Å². The molecule has 0 radical (unpaired) electrons. The summed E-state index contributed by atoms with van der Waals surface area (Å²) in [5.74, 6) is -1.12. The van der Waals surface area contributed by atoms with Gasteiger partial charge in [0.25, 0.3) is 11.8 Å². The van der Waals surface area contributed by atoms with E-state index in [9.17, 15) is 14.4 Å². The van der Waals surface area contributed by atoms with E-state index in [1.54, 1.807) is 61.5 Å². The maximum atomic E-state index is 12.9. The van der Waals surface area contributed by atoms with Crippen molar-refractivity contribution in [1.82, 2.24) is 5.32 Å². The van der Waals surface area contributed by atoms with Crippen LogP contribution in [-0.4, -0.2) is 23.4 Å². The predicted octanol–water partition coefficient (Wildman–Crippen LogP) is 2.53. The van der Waals surface area contributed by atoms with E-state index < -0.39 is 23.4 Å². The highest BCUT2D eigenvalue weighted by molar-refractivity contribution is 6.32. The molecule has 24 heavy (non-hydrogen) atoms. The third-order valence-electron chi connectivity index (χ3n) is 4.06. The van der Waals surface area contributed by atoms with Crippen molar-refractivity contribution in [1.29, 1.82) is 0 Å². The van der Waals surface area contributed by atoms with Crippen LogP contribution in [0.2, 0.25) is 0 Å². The van der Waals surface area contributed by atoms with Crippen LogP contribution in [0, 0.1) is 0 Å². The minimum absolute atomic E-state index is 0.152. The average Bonchev–Trinajstić information content (AvgIpc) is 2.87. The number of urea groups is 1. The predicted molar refractivity (Wildman–Crippen MR) is 90.6 cm³/mol. The van der Waals surface area contributed by atoms with E-state index in [-0.39, 0.29) is 6.42 Å². The highest BCUT2D eigenvalue weighted by Gasteiger charge is 2.56. The molecule has 1 saturated heterocycles. The van der Waals surface area contributed by atoms with Gasteiger partial charge in [-0.15, -0.1) is 0 Å². The lowest BCUT2D eigenvalue weighted by Crippen LogP contribution is -2.56. The molecule has 6 nitrogen and oxygen atoms in total. The molecule has 1 heterocycles. The lowest BCUT2D eigenvalue weighted by atomic mass is 9.94. The summed E-state index contributed by atoms with van der Waals surface area (Å²) in [6, 6.07) is 16.8. The van der Waals surface area contributed by atoms with E-state index in [2.05, 4.69) is 10.6 Å². The molecule has 1 aliphatic rings. The van der Waals surface area contributed by atoms with Crippen LogP contribution < -0.4 is 15.5 Å². The second kappa shape index (κ2) is 6.16. The number of benzene rings is 2. The van der Waals surface area contributed by atoms with Crippen LogP contribution in [0.15, 0.2) is 60.7 Å². The normalized spacial score (nSPS) is 20.0. The number of rotatable bonds is 4. The highest BCUT2D eigenvalue weighted by Crippen LogP contribution is 2.28. The Morgan fingerprint density at radius 3 is 2.21 bits per heavy atom. The number of para-hydroxylation sites is 2. The molecule has 3 rings (SSSR count). The molecule has 4 amide bonds. The monoisotopic (exact) mass is 323 g/mol. The fourth-order valence-electron chi connectivity index (χ4n) is 2.70. The van der Waals surface area contributed by atoms with Crippen molar-refractivity contribution < 1.29 is 14.4 Å². The Balaban J connectivity index is 1.91. The summed E-state index contributed by atoms with van der Waals surface area (Å²) in [4.78, 5) is 38.9. The summed E-state index contributed by atoms with van der Waals surface area (Å²) in [5.41, 5.74) is -0.610. The van der Waals surface area contributed by atoms with Gasteiger partial charge in [0.1, 0.15) is 0 Å². The van der Waals surface area contributed by atoms with Crippen LogP contribution in [0.25, 0.3) is 0 Å². The number of hydrogen-bond acceptors (Lipinski definition) is 3. The van der Waals surface area contributed by atoms with Gasteiger partial charge in [-0.3, -0.25) is 9.59 Å². The number of carbonyl (C=O) groups excluding carboxylic acids is 3. The van der Waals surface area contributed by atoms with Crippen LogP contribution >= 0.6 is 0 Å². The van der Waals surface area contributed by atoms with Gasteiger partial charge in [0, 0.05) is 5.69 Å². The lowest BCUT2D eigenvalue weighted by molar-refractivity contribution is -0.132. The first kappa shape index (κ1) is 15.7. The second-order valence-electron chi connectivity index (χ2n) is 5.49. The Labute approximate surface area is 139 Å². The minimum atomic E-state index is -1.61. The van der Waals surface area contributed by atoms with Gasteiger partial charge in [0.05, 0.1) is 5.69 Å². The first-order chi connectivity index (χ1) is 11.6. The minimum Gasteiger partial charge on any atom is -0.324 e. The fourth-order valence-corrected chi connectivity index (χ4v) is 2.70. The van der Waals surface area contributed by atoms with Gasteiger partial charge in [0.15, 0.2) is 0 Å². The van der Waals surface area contributed by atoms with Crippen LogP contribution in [0.1, 0.15) is 13.3 Å².